The van der Waals surface area contributed by atoms with Crippen LogP contribution in [0.2, 0.25) is 0 Å². The van der Waals surface area contributed by atoms with E-state index in [-0.39, 0.29) is 17.5 Å². The summed E-state index contributed by atoms with van der Waals surface area (Å²) in [5.74, 6) is -0.556. The Kier molecular flexibility index (Phi) is 4.81. The van der Waals surface area contributed by atoms with E-state index in [1.165, 1.54) is 6.07 Å². The molecule has 2 heterocycles. The molecule has 0 aliphatic heterocycles. The number of halogens is 1. The molecule has 0 radical (unpaired) electrons. The zero-order chi connectivity index (χ0) is 15.2. The third-order valence-corrected chi connectivity index (χ3v) is 2.98. The molecule has 2 rings (SSSR count). The van der Waals surface area contributed by atoms with Gasteiger partial charge in [0.15, 0.2) is 0 Å². The summed E-state index contributed by atoms with van der Waals surface area (Å²) >= 11 is 0. The van der Waals surface area contributed by atoms with Gasteiger partial charge in [-0.05, 0) is 31.5 Å². The summed E-state index contributed by atoms with van der Waals surface area (Å²) in [4.78, 5) is 20.2. The van der Waals surface area contributed by atoms with Crippen LogP contribution >= 0.6 is 0 Å². The predicted molar refractivity (Wildman–Crippen MR) is 78.5 cm³/mol. The Balaban J connectivity index is 2.18. The molecule has 2 N–H and O–H groups in total. The lowest BCUT2D eigenvalue weighted by atomic mass is 10.1. The minimum Gasteiger partial charge on any atom is -0.370 e. The van der Waals surface area contributed by atoms with Crippen molar-refractivity contribution in [1.29, 1.82) is 0 Å². The molecule has 0 fully saturated rings. The highest BCUT2D eigenvalue weighted by molar-refractivity contribution is 5.98. The summed E-state index contributed by atoms with van der Waals surface area (Å²) in [5, 5.41) is 5.76. The van der Waals surface area contributed by atoms with E-state index in [4.69, 9.17) is 0 Å². The topological polar surface area (TPSA) is 66.9 Å². The van der Waals surface area contributed by atoms with Gasteiger partial charge in [-0.25, -0.2) is 9.37 Å². The van der Waals surface area contributed by atoms with E-state index in [1.54, 1.807) is 18.5 Å². The number of anilines is 1. The van der Waals surface area contributed by atoms with E-state index in [0.717, 1.165) is 11.8 Å². The number of carbonyl (C=O) groups excluding carboxylic acids is 1. The second-order valence-electron chi connectivity index (χ2n) is 4.56. The van der Waals surface area contributed by atoms with E-state index in [9.17, 15) is 9.18 Å². The van der Waals surface area contributed by atoms with Crippen LogP contribution in [0.3, 0.4) is 0 Å². The Morgan fingerprint density at radius 1 is 1.43 bits per heavy atom. The van der Waals surface area contributed by atoms with E-state index in [0.29, 0.717) is 12.4 Å². The third-order valence-electron chi connectivity index (χ3n) is 2.98. The van der Waals surface area contributed by atoms with Crippen molar-refractivity contribution in [3.05, 3.63) is 53.7 Å². The molecule has 0 saturated heterocycles. The monoisotopic (exact) mass is 288 g/mol. The molecule has 5 nitrogen and oxygen atoms in total. The molecule has 110 valence electrons. The summed E-state index contributed by atoms with van der Waals surface area (Å²) in [7, 11) is 0. The van der Waals surface area contributed by atoms with Crippen molar-refractivity contribution in [1.82, 2.24) is 15.3 Å². The zero-order valence-corrected chi connectivity index (χ0v) is 11.9. The summed E-state index contributed by atoms with van der Waals surface area (Å²) in [5.41, 5.74) is 1.06. The van der Waals surface area contributed by atoms with Crippen molar-refractivity contribution in [2.45, 2.75) is 19.9 Å². The van der Waals surface area contributed by atoms with Crippen molar-refractivity contribution in [2.24, 2.45) is 0 Å². The van der Waals surface area contributed by atoms with Crippen LogP contribution in [0.25, 0.3) is 0 Å². The van der Waals surface area contributed by atoms with Gasteiger partial charge in [0, 0.05) is 18.9 Å². The molecule has 6 heteroatoms. The van der Waals surface area contributed by atoms with Gasteiger partial charge in [-0.3, -0.25) is 9.78 Å². The fourth-order valence-corrected chi connectivity index (χ4v) is 1.91. The molecular weight excluding hydrogens is 271 g/mol. The SMILES string of the molecule is CCNc1ncc(F)cc1C(=O)NC(C)c1cccnc1. The molecule has 2 aromatic rings. The number of hydrogen-bond acceptors (Lipinski definition) is 4. The van der Waals surface area contributed by atoms with Gasteiger partial charge in [0.1, 0.15) is 11.6 Å². The summed E-state index contributed by atoms with van der Waals surface area (Å²) in [6, 6.07) is 4.61. The first-order valence-corrected chi connectivity index (χ1v) is 6.72. The highest BCUT2D eigenvalue weighted by Gasteiger charge is 2.16. The Hall–Kier alpha value is -2.50. The van der Waals surface area contributed by atoms with Crippen LogP contribution in [0.15, 0.2) is 36.8 Å². The van der Waals surface area contributed by atoms with Crippen molar-refractivity contribution in [3.8, 4) is 0 Å². The first kappa shape index (κ1) is 14.9. The fraction of sp³-hybridized carbons (Fsp3) is 0.267. The number of amides is 1. The highest BCUT2D eigenvalue weighted by Crippen LogP contribution is 2.16. The molecular formula is C15H17FN4O. The number of nitrogens with zero attached hydrogens (tertiary/aromatic N) is 2. The van der Waals surface area contributed by atoms with E-state index >= 15 is 0 Å². The molecule has 2 aromatic heterocycles. The lowest BCUT2D eigenvalue weighted by Crippen LogP contribution is -2.28. The lowest BCUT2D eigenvalue weighted by Gasteiger charge is -2.15. The average Bonchev–Trinajstić information content (AvgIpc) is 2.50. The molecule has 0 aliphatic rings. The molecule has 0 aromatic carbocycles. The maximum atomic E-state index is 13.3. The Morgan fingerprint density at radius 2 is 2.24 bits per heavy atom. The molecule has 0 bridgehead atoms. The first-order chi connectivity index (χ1) is 10.1. The largest absolute Gasteiger partial charge is 0.370 e. The van der Waals surface area contributed by atoms with Crippen LogP contribution in [0.1, 0.15) is 35.8 Å². The maximum Gasteiger partial charge on any atom is 0.255 e. The third kappa shape index (κ3) is 3.75. The average molecular weight is 288 g/mol. The van der Waals surface area contributed by atoms with Gasteiger partial charge in [0.2, 0.25) is 0 Å². The first-order valence-electron chi connectivity index (χ1n) is 6.72. The van der Waals surface area contributed by atoms with E-state index < -0.39 is 5.82 Å². The molecule has 0 spiro atoms. The van der Waals surface area contributed by atoms with Gasteiger partial charge in [-0.2, -0.15) is 0 Å². The van der Waals surface area contributed by atoms with Gasteiger partial charge < -0.3 is 10.6 Å². The van der Waals surface area contributed by atoms with Crippen LogP contribution in [-0.4, -0.2) is 22.4 Å². The highest BCUT2D eigenvalue weighted by atomic mass is 19.1. The van der Waals surface area contributed by atoms with Crippen LogP contribution in [-0.2, 0) is 0 Å². The van der Waals surface area contributed by atoms with Gasteiger partial charge >= 0.3 is 0 Å². The second kappa shape index (κ2) is 6.78. The summed E-state index contributed by atoms with van der Waals surface area (Å²) in [6.07, 6.45) is 4.43. The van der Waals surface area contributed by atoms with Crippen LogP contribution in [0.5, 0.6) is 0 Å². The van der Waals surface area contributed by atoms with Crippen LogP contribution < -0.4 is 10.6 Å². The number of nitrogens with one attached hydrogen (secondary N) is 2. The minimum atomic E-state index is -0.546. The molecule has 21 heavy (non-hydrogen) atoms. The molecule has 1 unspecified atom stereocenters. The normalized spacial score (nSPS) is 11.8. The van der Waals surface area contributed by atoms with Crippen molar-refractivity contribution in [3.63, 3.8) is 0 Å². The molecule has 1 amide bonds. The molecule has 0 saturated carbocycles. The van der Waals surface area contributed by atoms with Crippen molar-refractivity contribution >= 4 is 11.7 Å². The number of rotatable bonds is 5. The quantitative estimate of drug-likeness (QED) is 0.887. The molecule has 1 atom stereocenters. The minimum absolute atomic E-state index is 0.188. The van der Waals surface area contributed by atoms with E-state index in [1.807, 2.05) is 19.9 Å². The van der Waals surface area contributed by atoms with E-state index in [2.05, 4.69) is 20.6 Å². The maximum absolute atomic E-state index is 13.3. The lowest BCUT2D eigenvalue weighted by molar-refractivity contribution is 0.0940. The van der Waals surface area contributed by atoms with Gasteiger partial charge in [0.05, 0.1) is 17.8 Å². The van der Waals surface area contributed by atoms with Crippen LogP contribution in [0.4, 0.5) is 10.2 Å². The Morgan fingerprint density at radius 3 is 2.90 bits per heavy atom. The standard InChI is InChI=1S/C15H17FN4O/c1-3-18-14-13(7-12(16)9-19-14)15(21)20-10(2)11-5-4-6-17-8-11/h4-10H,3H2,1-2H3,(H,18,19)(H,20,21). The van der Waals surface area contributed by atoms with Gasteiger partial charge in [-0.15, -0.1) is 0 Å². The number of carbonyl (C=O) groups is 1. The Bertz CT molecular complexity index is 618. The zero-order valence-electron chi connectivity index (χ0n) is 11.9. The van der Waals surface area contributed by atoms with Crippen molar-refractivity contribution in [2.75, 3.05) is 11.9 Å². The number of aromatic nitrogens is 2. The smallest absolute Gasteiger partial charge is 0.255 e. The van der Waals surface area contributed by atoms with Crippen molar-refractivity contribution < 1.29 is 9.18 Å². The Labute approximate surface area is 122 Å². The second-order valence-corrected chi connectivity index (χ2v) is 4.56. The number of pyridine rings is 2. The fourth-order valence-electron chi connectivity index (χ4n) is 1.91. The summed E-state index contributed by atoms with van der Waals surface area (Å²) < 4.78 is 13.3. The predicted octanol–water partition coefficient (Wildman–Crippen LogP) is 2.54. The van der Waals surface area contributed by atoms with Crippen LogP contribution in [0, 0.1) is 5.82 Å². The molecule has 0 aliphatic carbocycles. The van der Waals surface area contributed by atoms with Gasteiger partial charge in [-0.1, -0.05) is 6.07 Å². The van der Waals surface area contributed by atoms with Gasteiger partial charge in [0.25, 0.3) is 5.91 Å². The summed E-state index contributed by atoms with van der Waals surface area (Å²) in [6.45, 7) is 4.32. The number of hydrogen-bond donors (Lipinski definition) is 2.